The van der Waals surface area contributed by atoms with Gasteiger partial charge in [0, 0.05) is 55.3 Å². The van der Waals surface area contributed by atoms with Crippen molar-refractivity contribution in [2.24, 2.45) is 0 Å². The maximum atomic E-state index is 13.5. The van der Waals surface area contributed by atoms with E-state index in [0.29, 0.717) is 54.4 Å². The smallest absolute Gasteiger partial charge is 0.321 e. The standard InChI is InChI=1S/C34H34FN5O4/c1-23-5-3-7-27(19-23)38-34(43)40-17-15-39(16-18-40)31-14-13-28(37-32(41)25-6-4-8-29(20-25)44-2)21-30(31)33(42)36-22-24-9-11-26(35)12-10-24/h3-14,19-21H,15-18,22H2,1-2H3,(H,36,42)(H,37,41)(H,38,43). The number of piperazine rings is 1. The Morgan fingerprint density at radius 2 is 1.52 bits per heavy atom. The van der Waals surface area contributed by atoms with Crippen LogP contribution in [0, 0.1) is 12.7 Å². The molecule has 0 bridgehead atoms. The van der Waals surface area contributed by atoms with Crippen LogP contribution in [0.15, 0.2) is 91.0 Å². The van der Waals surface area contributed by atoms with Gasteiger partial charge in [-0.3, -0.25) is 9.59 Å². The van der Waals surface area contributed by atoms with Crippen LogP contribution in [0.1, 0.15) is 31.8 Å². The number of anilines is 3. The van der Waals surface area contributed by atoms with Crippen LogP contribution >= 0.6 is 0 Å². The lowest BCUT2D eigenvalue weighted by atomic mass is 10.1. The second kappa shape index (κ2) is 13.7. The van der Waals surface area contributed by atoms with E-state index in [4.69, 9.17) is 4.74 Å². The molecule has 3 N–H and O–H groups in total. The third kappa shape index (κ3) is 7.52. The average molecular weight is 596 g/mol. The van der Waals surface area contributed by atoms with Crippen LogP contribution in [-0.4, -0.2) is 56.0 Å². The number of nitrogens with one attached hydrogen (secondary N) is 3. The lowest BCUT2D eigenvalue weighted by Crippen LogP contribution is -2.50. The summed E-state index contributed by atoms with van der Waals surface area (Å²) in [5.74, 6) is -0.488. The SMILES string of the molecule is COc1cccc(C(=O)Nc2ccc(N3CCN(C(=O)Nc4cccc(C)c4)CC3)c(C(=O)NCc3ccc(F)cc3)c2)c1. The molecule has 0 aromatic heterocycles. The molecule has 0 radical (unpaired) electrons. The van der Waals surface area contributed by atoms with E-state index >= 15 is 0 Å². The number of amides is 4. The van der Waals surface area contributed by atoms with Crippen molar-refractivity contribution >= 4 is 34.9 Å². The predicted molar refractivity (Wildman–Crippen MR) is 169 cm³/mol. The highest BCUT2D eigenvalue weighted by atomic mass is 19.1. The number of aryl methyl sites for hydroxylation is 1. The number of benzene rings is 4. The quantitative estimate of drug-likeness (QED) is 0.243. The predicted octanol–water partition coefficient (Wildman–Crippen LogP) is 5.68. The molecule has 0 saturated carbocycles. The summed E-state index contributed by atoms with van der Waals surface area (Å²) < 4.78 is 18.6. The van der Waals surface area contributed by atoms with Crippen molar-refractivity contribution in [2.75, 3.05) is 48.8 Å². The molecule has 44 heavy (non-hydrogen) atoms. The van der Waals surface area contributed by atoms with Crippen LogP contribution in [0.3, 0.4) is 0 Å². The second-order valence-corrected chi connectivity index (χ2v) is 10.5. The Kier molecular flexibility index (Phi) is 9.39. The summed E-state index contributed by atoms with van der Waals surface area (Å²) in [6, 6.07) is 25.4. The first-order valence-corrected chi connectivity index (χ1v) is 14.3. The van der Waals surface area contributed by atoms with Crippen molar-refractivity contribution in [3.05, 3.63) is 119 Å². The van der Waals surface area contributed by atoms with E-state index in [0.717, 1.165) is 16.8 Å². The van der Waals surface area contributed by atoms with Crippen molar-refractivity contribution in [2.45, 2.75) is 13.5 Å². The van der Waals surface area contributed by atoms with Gasteiger partial charge >= 0.3 is 6.03 Å². The minimum absolute atomic E-state index is 0.178. The van der Waals surface area contributed by atoms with E-state index in [2.05, 4.69) is 20.9 Å². The number of nitrogens with zero attached hydrogens (tertiary/aromatic N) is 2. The summed E-state index contributed by atoms with van der Waals surface area (Å²) in [6.07, 6.45) is 0. The molecule has 1 fully saturated rings. The fourth-order valence-electron chi connectivity index (χ4n) is 4.99. The third-order valence-corrected chi connectivity index (χ3v) is 7.37. The topological polar surface area (TPSA) is 103 Å². The lowest BCUT2D eigenvalue weighted by Gasteiger charge is -2.37. The number of carbonyl (C=O) groups is 3. The summed E-state index contributed by atoms with van der Waals surface area (Å²) in [4.78, 5) is 43.2. The van der Waals surface area contributed by atoms with Crippen LogP contribution in [-0.2, 0) is 6.54 Å². The minimum Gasteiger partial charge on any atom is -0.497 e. The highest BCUT2D eigenvalue weighted by molar-refractivity contribution is 6.06. The van der Waals surface area contributed by atoms with Gasteiger partial charge in [-0.15, -0.1) is 0 Å². The Morgan fingerprint density at radius 1 is 0.795 bits per heavy atom. The summed E-state index contributed by atoms with van der Waals surface area (Å²) in [5, 5.41) is 8.73. The molecule has 0 atom stereocenters. The first-order valence-electron chi connectivity index (χ1n) is 14.3. The van der Waals surface area contributed by atoms with Crippen LogP contribution in [0.2, 0.25) is 0 Å². The number of rotatable bonds is 8. The number of carbonyl (C=O) groups excluding carboxylic acids is 3. The average Bonchev–Trinajstić information content (AvgIpc) is 3.04. The molecule has 4 aromatic carbocycles. The van der Waals surface area contributed by atoms with Crippen LogP contribution in [0.5, 0.6) is 5.75 Å². The highest BCUT2D eigenvalue weighted by Crippen LogP contribution is 2.27. The van der Waals surface area contributed by atoms with Crippen LogP contribution in [0.25, 0.3) is 0 Å². The van der Waals surface area contributed by atoms with Crippen molar-refractivity contribution in [1.82, 2.24) is 10.2 Å². The third-order valence-electron chi connectivity index (χ3n) is 7.37. The van der Waals surface area contributed by atoms with Gasteiger partial charge in [0.15, 0.2) is 0 Å². The van der Waals surface area contributed by atoms with Crippen molar-refractivity contribution in [3.63, 3.8) is 0 Å². The molecule has 4 aromatic rings. The van der Waals surface area contributed by atoms with Gasteiger partial charge < -0.3 is 30.5 Å². The van der Waals surface area contributed by atoms with E-state index in [1.165, 1.54) is 19.2 Å². The number of halogens is 1. The fourth-order valence-corrected chi connectivity index (χ4v) is 4.99. The number of hydrogen-bond acceptors (Lipinski definition) is 5. The fraction of sp³-hybridized carbons (Fsp3) is 0.206. The number of ether oxygens (including phenoxy) is 1. The van der Waals surface area contributed by atoms with Crippen molar-refractivity contribution in [3.8, 4) is 5.75 Å². The van der Waals surface area contributed by atoms with Crippen LogP contribution in [0.4, 0.5) is 26.2 Å². The molecular weight excluding hydrogens is 561 g/mol. The number of methoxy groups -OCH3 is 1. The van der Waals surface area contributed by atoms with E-state index in [-0.39, 0.29) is 30.2 Å². The molecule has 10 heteroatoms. The summed E-state index contributed by atoms with van der Waals surface area (Å²) >= 11 is 0. The van der Waals surface area contributed by atoms with E-state index in [9.17, 15) is 18.8 Å². The maximum Gasteiger partial charge on any atom is 0.321 e. The van der Waals surface area contributed by atoms with Gasteiger partial charge in [-0.1, -0.05) is 30.3 Å². The zero-order chi connectivity index (χ0) is 31.1. The molecular formula is C34H34FN5O4. The monoisotopic (exact) mass is 595 g/mol. The van der Waals surface area contributed by atoms with Crippen LogP contribution < -0.4 is 25.6 Å². The molecule has 0 unspecified atom stereocenters. The van der Waals surface area contributed by atoms with E-state index < -0.39 is 0 Å². The molecule has 1 heterocycles. The number of hydrogen-bond donors (Lipinski definition) is 3. The summed E-state index contributed by atoms with van der Waals surface area (Å²) in [5.41, 5.74) is 4.45. The Morgan fingerprint density at radius 3 is 2.25 bits per heavy atom. The van der Waals surface area contributed by atoms with Gasteiger partial charge in [-0.2, -0.15) is 0 Å². The molecule has 5 rings (SSSR count). The maximum absolute atomic E-state index is 13.5. The van der Waals surface area contributed by atoms with Gasteiger partial charge in [0.1, 0.15) is 11.6 Å². The van der Waals surface area contributed by atoms with Gasteiger partial charge in [0.25, 0.3) is 11.8 Å². The molecule has 226 valence electrons. The second-order valence-electron chi connectivity index (χ2n) is 10.5. The largest absolute Gasteiger partial charge is 0.497 e. The summed E-state index contributed by atoms with van der Waals surface area (Å²) in [6.45, 7) is 4.11. The van der Waals surface area contributed by atoms with Gasteiger partial charge in [-0.05, 0) is 78.7 Å². The molecule has 0 spiro atoms. The first kappa shape index (κ1) is 30.1. The van der Waals surface area contributed by atoms with Gasteiger partial charge in [0.2, 0.25) is 0 Å². The van der Waals surface area contributed by atoms with E-state index in [1.54, 1.807) is 59.5 Å². The number of urea groups is 1. The molecule has 4 amide bonds. The molecule has 1 aliphatic rings. The lowest BCUT2D eigenvalue weighted by molar-refractivity contribution is 0.0949. The van der Waals surface area contributed by atoms with E-state index in [1.807, 2.05) is 31.2 Å². The molecule has 1 aliphatic heterocycles. The van der Waals surface area contributed by atoms with Gasteiger partial charge in [-0.25, -0.2) is 9.18 Å². The Bertz CT molecular complexity index is 1650. The Balaban J connectivity index is 1.32. The Labute approximate surface area is 255 Å². The Hall–Kier alpha value is -5.38. The zero-order valence-corrected chi connectivity index (χ0v) is 24.6. The molecule has 1 saturated heterocycles. The van der Waals surface area contributed by atoms with Crippen molar-refractivity contribution in [1.29, 1.82) is 0 Å². The highest BCUT2D eigenvalue weighted by Gasteiger charge is 2.25. The van der Waals surface area contributed by atoms with Crippen molar-refractivity contribution < 1.29 is 23.5 Å². The zero-order valence-electron chi connectivity index (χ0n) is 24.6. The summed E-state index contributed by atoms with van der Waals surface area (Å²) in [7, 11) is 1.53. The first-order chi connectivity index (χ1) is 21.3. The molecule has 0 aliphatic carbocycles. The minimum atomic E-state index is -0.353. The van der Waals surface area contributed by atoms with Gasteiger partial charge in [0.05, 0.1) is 12.7 Å². The normalized spacial score (nSPS) is 12.8. The molecule has 9 nitrogen and oxygen atoms in total.